The molecule has 2 heterocycles. The molecule has 0 aliphatic heterocycles. The predicted molar refractivity (Wildman–Crippen MR) is 87.1 cm³/mol. The van der Waals surface area contributed by atoms with Gasteiger partial charge >= 0.3 is 0 Å². The summed E-state index contributed by atoms with van der Waals surface area (Å²) in [6.45, 7) is 8.27. The molecule has 2 rings (SSSR count). The van der Waals surface area contributed by atoms with Gasteiger partial charge in [-0.1, -0.05) is 13.8 Å². The first kappa shape index (κ1) is 15.7. The van der Waals surface area contributed by atoms with Crippen molar-refractivity contribution in [3.63, 3.8) is 0 Å². The molecular formula is C15H22N4OS. The number of aromatic amines is 1. The zero-order valence-electron chi connectivity index (χ0n) is 13.0. The maximum absolute atomic E-state index is 12.7. The van der Waals surface area contributed by atoms with Gasteiger partial charge in [0.05, 0.1) is 5.56 Å². The van der Waals surface area contributed by atoms with Gasteiger partial charge in [0, 0.05) is 18.3 Å². The van der Waals surface area contributed by atoms with Crippen LogP contribution in [0.4, 0.5) is 0 Å². The number of H-pyrrole nitrogens is 1. The fourth-order valence-electron chi connectivity index (χ4n) is 2.31. The van der Waals surface area contributed by atoms with Crippen LogP contribution in [-0.4, -0.2) is 19.3 Å². The first-order valence-electron chi connectivity index (χ1n) is 7.39. The lowest BCUT2D eigenvalue weighted by molar-refractivity contribution is 0.511. The molecule has 0 saturated heterocycles. The van der Waals surface area contributed by atoms with Gasteiger partial charge in [-0.05, 0) is 51.0 Å². The van der Waals surface area contributed by atoms with E-state index in [1.165, 1.54) is 0 Å². The summed E-state index contributed by atoms with van der Waals surface area (Å²) in [6.07, 6.45) is 3.66. The number of hydrogen-bond acceptors (Lipinski definition) is 3. The lowest BCUT2D eigenvalue weighted by atomic mass is 10.2. The van der Waals surface area contributed by atoms with Crippen molar-refractivity contribution >= 4 is 12.2 Å². The molecule has 0 spiro atoms. The molecule has 0 amide bonds. The second kappa shape index (κ2) is 6.39. The van der Waals surface area contributed by atoms with E-state index >= 15 is 0 Å². The Morgan fingerprint density at radius 3 is 2.57 bits per heavy atom. The van der Waals surface area contributed by atoms with Crippen LogP contribution in [0.2, 0.25) is 0 Å². The largest absolute Gasteiger partial charge is 0.312 e. The molecule has 2 aromatic rings. The Bertz CT molecular complexity index is 728. The molecule has 0 saturated carbocycles. The SMILES string of the molecule is CCC(C)n1cccc(-c2n[nH]c(=S)n2C(C)CC)c1=O. The average Bonchev–Trinajstić information content (AvgIpc) is 2.87. The fourth-order valence-corrected chi connectivity index (χ4v) is 2.62. The van der Waals surface area contributed by atoms with Crippen LogP contribution in [0.15, 0.2) is 23.1 Å². The quantitative estimate of drug-likeness (QED) is 0.857. The number of hydrogen-bond donors (Lipinski definition) is 1. The van der Waals surface area contributed by atoms with E-state index in [0.717, 1.165) is 12.8 Å². The minimum atomic E-state index is -0.0228. The van der Waals surface area contributed by atoms with Gasteiger partial charge in [0.1, 0.15) is 0 Å². The number of aromatic nitrogens is 4. The number of nitrogens with zero attached hydrogens (tertiary/aromatic N) is 3. The van der Waals surface area contributed by atoms with E-state index in [2.05, 4.69) is 31.0 Å². The highest BCUT2D eigenvalue weighted by Gasteiger charge is 2.17. The van der Waals surface area contributed by atoms with Crippen molar-refractivity contribution in [1.29, 1.82) is 0 Å². The smallest absolute Gasteiger partial charge is 0.261 e. The molecule has 0 fully saturated rings. The molecule has 21 heavy (non-hydrogen) atoms. The van der Waals surface area contributed by atoms with Crippen molar-refractivity contribution in [2.75, 3.05) is 0 Å². The Kier molecular flexibility index (Phi) is 4.77. The second-order valence-corrected chi connectivity index (χ2v) is 5.76. The summed E-state index contributed by atoms with van der Waals surface area (Å²) in [5.41, 5.74) is 0.566. The highest BCUT2D eigenvalue weighted by molar-refractivity contribution is 7.71. The van der Waals surface area contributed by atoms with Gasteiger partial charge in [-0.2, -0.15) is 5.10 Å². The van der Waals surface area contributed by atoms with Gasteiger partial charge in [0.2, 0.25) is 0 Å². The monoisotopic (exact) mass is 306 g/mol. The predicted octanol–water partition coefficient (Wildman–Crippen LogP) is 3.71. The van der Waals surface area contributed by atoms with Gasteiger partial charge in [-0.25, -0.2) is 0 Å². The van der Waals surface area contributed by atoms with E-state index in [4.69, 9.17) is 12.2 Å². The highest BCUT2D eigenvalue weighted by Crippen LogP contribution is 2.20. The minimum absolute atomic E-state index is 0.0228. The molecule has 1 N–H and O–H groups in total. The standard InChI is InChI=1S/C15H22N4OS/c1-5-10(3)18-9-7-8-12(14(18)20)13-16-17-15(21)19(13)11(4)6-2/h7-11H,5-6H2,1-4H3,(H,17,21). The molecular weight excluding hydrogens is 284 g/mol. The van der Waals surface area contributed by atoms with Crippen LogP contribution in [0, 0.1) is 4.77 Å². The van der Waals surface area contributed by atoms with Crippen molar-refractivity contribution in [3.05, 3.63) is 33.5 Å². The second-order valence-electron chi connectivity index (χ2n) is 5.37. The molecule has 2 atom stereocenters. The van der Waals surface area contributed by atoms with E-state index in [1.54, 1.807) is 4.57 Å². The van der Waals surface area contributed by atoms with Crippen LogP contribution < -0.4 is 5.56 Å². The van der Waals surface area contributed by atoms with Gasteiger partial charge in [0.25, 0.3) is 5.56 Å². The normalized spacial score (nSPS) is 14.1. The average molecular weight is 306 g/mol. The highest BCUT2D eigenvalue weighted by atomic mass is 32.1. The minimum Gasteiger partial charge on any atom is -0.312 e. The first-order chi connectivity index (χ1) is 10.0. The van der Waals surface area contributed by atoms with E-state index in [0.29, 0.717) is 16.2 Å². The molecule has 0 aliphatic carbocycles. The summed E-state index contributed by atoms with van der Waals surface area (Å²) in [5, 5.41) is 7.08. The summed E-state index contributed by atoms with van der Waals surface area (Å²) in [5.74, 6) is 0.622. The van der Waals surface area contributed by atoms with Gasteiger partial charge in [0.15, 0.2) is 10.6 Å². The third kappa shape index (κ3) is 2.85. The summed E-state index contributed by atoms with van der Waals surface area (Å²) in [7, 11) is 0. The van der Waals surface area contributed by atoms with E-state index < -0.39 is 0 Å². The zero-order chi connectivity index (χ0) is 15.6. The molecule has 2 unspecified atom stereocenters. The molecule has 0 radical (unpaired) electrons. The maximum atomic E-state index is 12.7. The first-order valence-corrected chi connectivity index (χ1v) is 7.80. The van der Waals surface area contributed by atoms with Crippen LogP contribution in [0.5, 0.6) is 0 Å². The van der Waals surface area contributed by atoms with Gasteiger partial charge in [-0.3, -0.25) is 14.5 Å². The number of nitrogens with one attached hydrogen (secondary N) is 1. The van der Waals surface area contributed by atoms with E-state index in [-0.39, 0.29) is 17.6 Å². The number of pyridine rings is 1. The Morgan fingerprint density at radius 2 is 1.95 bits per heavy atom. The zero-order valence-corrected chi connectivity index (χ0v) is 13.8. The summed E-state index contributed by atoms with van der Waals surface area (Å²) >= 11 is 5.30. The Morgan fingerprint density at radius 1 is 1.29 bits per heavy atom. The van der Waals surface area contributed by atoms with E-state index in [9.17, 15) is 4.79 Å². The molecule has 0 bridgehead atoms. The summed E-state index contributed by atoms with van der Waals surface area (Å²) in [6, 6.07) is 4.06. The Hall–Kier alpha value is -1.69. The van der Waals surface area contributed by atoms with Crippen LogP contribution in [-0.2, 0) is 0 Å². The van der Waals surface area contributed by atoms with Gasteiger partial charge in [-0.15, -0.1) is 0 Å². The molecule has 0 aliphatic rings. The summed E-state index contributed by atoms with van der Waals surface area (Å²) in [4.78, 5) is 12.7. The van der Waals surface area contributed by atoms with Crippen LogP contribution in [0.3, 0.4) is 0 Å². The van der Waals surface area contributed by atoms with E-state index in [1.807, 2.05) is 29.8 Å². The topological polar surface area (TPSA) is 55.6 Å². The molecule has 0 aromatic carbocycles. The Balaban J connectivity index is 2.64. The molecule has 6 heteroatoms. The Labute approximate surface area is 129 Å². The fraction of sp³-hybridized carbons (Fsp3) is 0.533. The lowest BCUT2D eigenvalue weighted by Crippen LogP contribution is -2.24. The third-order valence-electron chi connectivity index (χ3n) is 4.02. The van der Waals surface area contributed by atoms with Crippen molar-refractivity contribution in [2.45, 2.75) is 52.6 Å². The van der Waals surface area contributed by atoms with Crippen LogP contribution in [0.1, 0.15) is 52.6 Å². The van der Waals surface area contributed by atoms with Crippen LogP contribution >= 0.6 is 12.2 Å². The van der Waals surface area contributed by atoms with Crippen LogP contribution in [0.25, 0.3) is 11.4 Å². The molecule has 2 aromatic heterocycles. The van der Waals surface area contributed by atoms with Crippen molar-refractivity contribution in [3.8, 4) is 11.4 Å². The molecule has 114 valence electrons. The van der Waals surface area contributed by atoms with Crippen molar-refractivity contribution < 1.29 is 0 Å². The summed E-state index contributed by atoms with van der Waals surface area (Å²) < 4.78 is 4.23. The molecule has 5 nitrogen and oxygen atoms in total. The maximum Gasteiger partial charge on any atom is 0.261 e. The lowest BCUT2D eigenvalue weighted by Gasteiger charge is -2.16. The van der Waals surface area contributed by atoms with Gasteiger partial charge < -0.3 is 4.57 Å². The number of rotatable bonds is 5. The third-order valence-corrected chi connectivity index (χ3v) is 4.31. The van der Waals surface area contributed by atoms with Crippen molar-refractivity contribution in [1.82, 2.24) is 19.3 Å². The van der Waals surface area contributed by atoms with Crippen molar-refractivity contribution in [2.24, 2.45) is 0 Å².